The van der Waals surface area contributed by atoms with Crippen molar-refractivity contribution >= 4 is 27.5 Å². The topological polar surface area (TPSA) is 86.8 Å². The Hall–Kier alpha value is -2.94. The zero-order chi connectivity index (χ0) is 25.6. The first kappa shape index (κ1) is 27.3. The smallest absolute Gasteiger partial charge is 0.244 e. The Morgan fingerprint density at radius 1 is 1.06 bits per heavy atom. The van der Waals surface area contributed by atoms with Crippen LogP contribution in [0.4, 0.5) is 10.1 Å². The number of sulfonamides is 1. The molecule has 0 spiro atoms. The molecule has 0 radical (unpaired) electrons. The average Bonchev–Trinajstić information content (AvgIpc) is 2.77. The van der Waals surface area contributed by atoms with Crippen LogP contribution in [0.15, 0.2) is 42.5 Å². The van der Waals surface area contributed by atoms with E-state index in [0.717, 1.165) is 22.5 Å². The van der Waals surface area contributed by atoms with Gasteiger partial charge in [0.2, 0.25) is 21.8 Å². The van der Waals surface area contributed by atoms with E-state index in [4.69, 9.17) is 0 Å². The standard InChI is InChI=1S/C25H34FN3O4S/c1-7-19(4)27-25(31)20(5)28(15-21-10-12-22(26)13-11-21)24(30)16-29(34(6,32)33)23-14-17(2)8-9-18(23)3/h8-14,19-20H,7,15-16H2,1-6H3,(H,27,31)/t19-,20+/m0/s1. The summed E-state index contributed by atoms with van der Waals surface area (Å²) in [4.78, 5) is 27.7. The Labute approximate surface area is 202 Å². The second-order valence-electron chi connectivity index (χ2n) is 8.70. The molecule has 1 N–H and O–H groups in total. The minimum absolute atomic E-state index is 0.0264. The summed E-state index contributed by atoms with van der Waals surface area (Å²) >= 11 is 0. The van der Waals surface area contributed by atoms with Gasteiger partial charge in [-0.3, -0.25) is 13.9 Å². The van der Waals surface area contributed by atoms with Gasteiger partial charge in [-0.1, -0.05) is 31.2 Å². The van der Waals surface area contributed by atoms with Crippen LogP contribution < -0.4 is 9.62 Å². The highest BCUT2D eigenvalue weighted by molar-refractivity contribution is 7.92. The molecule has 2 aromatic carbocycles. The first-order valence-electron chi connectivity index (χ1n) is 11.2. The van der Waals surface area contributed by atoms with Crippen molar-refractivity contribution in [3.63, 3.8) is 0 Å². The highest BCUT2D eigenvalue weighted by Crippen LogP contribution is 2.24. The van der Waals surface area contributed by atoms with Crippen LogP contribution in [0, 0.1) is 19.7 Å². The lowest BCUT2D eigenvalue weighted by atomic mass is 10.1. The van der Waals surface area contributed by atoms with Crippen LogP contribution in [0.5, 0.6) is 0 Å². The van der Waals surface area contributed by atoms with Gasteiger partial charge in [0.05, 0.1) is 11.9 Å². The molecule has 186 valence electrons. The van der Waals surface area contributed by atoms with Gasteiger partial charge < -0.3 is 10.2 Å². The molecule has 0 saturated heterocycles. The maximum absolute atomic E-state index is 13.5. The number of carbonyl (C=O) groups is 2. The van der Waals surface area contributed by atoms with E-state index < -0.39 is 34.3 Å². The summed E-state index contributed by atoms with van der Waals surface area (Å²) < 4.78 is 39.8. The lowest BCUT2D eigenvalue weighted by Crippen LogP contribution is -2.52. The van der Waals surface area contributed by atoms with Gasteiger partial charge in [-0.15, -0.1) is 0 Å². The third-order valence-corrected chi connectivity index (χ3v) is 6.87. The fraction of sp³-hybridized carbons (Fsp3) is 0.440. The normalized spacial score (nSPS) is 13.1. The van der Waals surface area contributed by atoms with Gasteiger partial charge in [-0.25, -0.2) is 12.8 Å². The fourth-order valence-electron chi connectivity index (χ4n) is 3.42. The Balaban J connectivity index is 2.42. The summed E-state index contributed by atoms with van der Waals surface area (Å²) in [6, 6.07) is 10.1. The molecule has 0 aliphatic carbocycles. The lowest BCUT2D eigenvalue weighted by Gasteiger charge is -2.32. The third-order valence-electron chi connectivity index (χ3n) is 5.75. The summed E-state index contributed by atoms with van der Waals surface area (Å²) in [5.41, 5.74) is 2.59. The van der Waals surface area contributed by atoms with Gasteiger partial charge in [0.1, 0.15) is 18.4 Å². The van der Waals surface area contributed by atoms with Crippen molar-refractivity contribution in [2.75, 3.05) is 17.1 Å². The molecule has 0 bridgehead atoms. The van der Waals surface area contributed by atoms with Crippen LogP contribution >= 0.6 is 0 Å². The molecule has 2 aromatic rings. The summed E-state index contributed by atoms with van der Waals surface area (Å²) in [7, 11) is -3.80. The van der Waals surface area contributed by atoms with Gasteiger partial charge in [-0.2, -0.15) is 0 Å². The summed E-state index contributed by atoms with van der Waals surface area (Å²) in [6.07, 6.45) is 1.77. The van der Waals surface area contributed by atoms with Gasteiger partial charge in [-0.05, 0) is 69.0 Å². The molecule has 0 unspecified atom stereocenters. The van der Waals surface area contributed by atoms with E-state index in [-0.39, 0.29) is 18.5 Å². The minimum atomic E-state index is -3.80. The monoisotopic (exact) mass is 491 g/mol. The zero-order valence-electron chi connectivity index (χ0n) is 20.6. The predicted molar refractivity (Wildman–Crippen MR) is 132 cm³/mol. The number of aryl methyl sites for hydroxylation is 2. The number of carbonyl (C=O) groups excluding carboxylic acids is 2. The first-order chi connectivity index (χ1) is 15.8. The molecular formula is C25H34FN3O4S. The van der Waals surface area contributed by atoms with Crippen molar-refractivity contribution in [2.24, 2.45) is 0 Å². The molecule has 2 rings (SSSR count). The van der Waals surface area contributed by atoms with E-state index in [9.17, 15) is 22.4 Å². The van der Waals surface area contributed by atoms with Gasteiger partial charge >= 0.3 is 0 Å². The lowest BCUT2D eigenvalue weighted by molar-refractivity contribution is -0.139. The minimum Gasteiger partial charge on any atom is -0.352 e. The summed E-state index contributed by atoms with van der Waals surface area (Å²) in [5, 5.41) is 2.87. The molecule has 0 heterocycles. The molecule has 0 fully saturated rings. The highest BCUT2D eigenvalue weighted by atomic mass is 32.2. The van der Waals surface area contributed by atoms with Crippen LogP contribution in [0.2, 0.25) is 0 Å². The summed E-state index contributed by atoms with van der Waals surface area (Å²) in [5.74, 6) is -1.30. The predicted octanol–water partition coefficient (Wildman–Crippen LogP) is 3.54. The molecule has 0 aliphatic heterocycles. The van der Waals surface area contributed by atoms with Crippen molar-refractivity contribution in [3.05, 3.63) is 65.0 Å². The van der Waals surface area contributed by atoms with E-state index in [1.54, 1.807) is 26.0 Å². The SMILES string of the molecule is CC[C@H](C)NC(=O)[C@@H](C)N(Cc1ccc(F)cc1)C(=O)CN(c1cc(C)ccc1C)S(C)(=O)=O. The largest absolute Gasteiger partial charge is 0.352 e. The number of benzene rings is 2. The average molecular weight is 492 g/mol. The molecule has 0 aromatic heterocycles. The molecule has 0 aliphatic rings. The second kappa shape index (κ2) is 11.5. The van der Waals surface area contributed by atoms with Crippen molar-refractivity contribution in [3.8, 4) is 0 Å². The molecule has 34 heavy (non-hydrogen) atoms. The fourth-order valence-corrected chi connectivity index (χ4v) is 4.32. The molecule has 7 nitrogen and oxygen atoms in total. The molecular weight excluding hydrogens is 457 g/mol. The molecule has 2 atom stereocenters. The highest BCUT2D eigenvalue weighted by Gasteiger charge is 2.31. The number of hydrogen-bond acceptors (Lipinski definition) is 4. The molecule has 9 heteroatoms. The van der Waals surface area contributed by atoms with E-state index in [1.807, 2.05) is 26.8 Å². The maximum Gasteiger partial charge on any atom is 0.244 e. The number of halogens is 1. The number of rotatable bonds is 10. The number of nitrogens with zero attached hydrogens (tertiary/aromatic N) is 2. The van der Waals surface area contributed by atoms with Crippen molar-refractivity contribution < 1.29 is 22.4 Å². The van der Waals surface area contributed by atoms with Crippen molar-refractivity contribution in [1.82, 2.24) is 10.2 Å². The van der Waals surface area contributed by atoms with E-state index in [0.29, 0.717) is 16.8 Å². The Kier molecular flexibility index (Phi) is 9.21. The third kappa shape index (κ3) is 7.28. The van der Waals surface area contributed by atoms with Gasteiger partial charge in [0.25, 0.3) is 0 Å². The second-order valence-corrected chi connectivity index (χ2v) is 10.6. The van der Waals surface area contributed by atoms with E-state index in [2.05, 4.69) is 5.32 Å². The zero-order valence-corrected chi connectivity index (χ0v) is 21.4. The Morgan fingerprint density at radius 2 is 1.68 bits per heavy atom. The van der Waals surface area contributed by atoms with Crippen molar-refractivity contribution in [2.45, 2.75) is 59.7 Å². The van der Waals surface area contributed by atoms with Crippen LogP contribution in [0.3, 0.4) is 0 Å². The van der Waals surface area contributed by atoms with Crippen LogP contribution in [0.25, 0.3) is 0 Å². The quantitative estimate of drug-likeness (QED) is 0.551. The number of amides is 2. The van der Waals surface area contributed by atoms with Crippen molar-refractivity contribution in [1.29, 1.82) is 0 Å². The van der Waals surface area contributed by atoms with Gasteiger partial charge in [0, 0.05) is 12.6 Å². The van der Waals surface area contributed by atoms with Crippen LogP contribution in [-0.2, 0) is 26.2 Å². The maximum atomic E-state index is 13.5. The molecule has 2 amide bonds. The number of nitrogens with one attached hydrogen (secondary N) is 1. The number of hydrogen-bond donors (Lipinski definition) is 1. The molecule has 0 saturated carbocycles. The summed E-state index contributed by atoms with van der Waals surface area (Å²) in [6.45, 7) is 8.57. The van der Waals surface area contributed by atoms with Crippen LogP contribution in [-0.4, -0.2) is 50.0 Å². The van der Waals surface area contributed by atoms with Crippen LogP contribution in [0.1, 0.15) is 43.9 Å². The van der Waals surface area contributed by atoms with E-state index >= 15 is 0 Å². The Bertz CT molecular complexity index is 1120. The first-order valence-corrected chi connectivity index (χ1v) is 13.1. The number of anilines is 1. The van der Waals surface area contributed by atoms with Gasteiger partial charge in [0.15, 0.2) is 0 Å². The Morgan fingerprint density at radius 3 is 2.24 bits per heavy atom. The van der Waals surface area contributed by atoms with E-state index in [1.165, 1.54) is 29.2 Å².